The SMILES string of the molecule is O=C(CSC(F)(F)F)Nc1cnn(CC(=O)NC2CCCC2)c1. The van der Waals surface area contributed by atoms with E-state index in [-0.39, 0.29) is 24.2 Å². The number of alkyl halides is 3. The van der Waals surface area contributed by atoms with Crippen LogP contribution in [0.1, 0.15) is 25.7 Å². The summed E-state index contributed by atoms with van der Waals surface area (Å²) in [6.45, 7) is 0.00364. The molecule has 0 spiro atoms. The van der Waals surface area contributed by atoms with Crippen molar-refractivity contribution < 1.29 is 22.8 Å². The summed E-state index contributed by atoms with van der Waals surface area (Å²) in [6, 6.07) is 0.205. The van der Waals surface area contributed by atoms with Gasteiger partial charge in [0.05, 0.1) is 17.6 Å². The van der Waals surface area contributed by atoms with E-state index in [0.29, 0.717) is 0 Å². The first kappa shape index (κ1) is 17.6. The van der Waals surface area contributed by atoms with E-state index in [0.717, 1.165) is 25.7 Å². The van der Waals surface area contributed by atoms with Gasteiger partial charge in [0.1, 0.15) is 6.54 Å². The van der Waals surface area contributed by atoms with E-state index < -0.39 is 28.9 Å². The molecular formula is C13H17F3N4O2S. The summed E-state index contributed by atoms with van der Waals surface area (Å²) in [5, 5.41) is 9.11. The summed E-state index contributed by atoms with van der Waals surface area (Å²) in [6.07, 6.45) is 6.87. The van der Waals surface area contributed by atoms with E-state index in [4.69, 9.17) is 0 Å². The van der Waals surface area contributed by atoms with Crippen LogP contribution in [0, 0.1) is 0 Å². The molecule has 0 aromatic carbocycles. The first-order chi connectivity index (χ1) is 10.8. The predicted molar refractivity (Wildman–Crippen MR) is 79.8 cm³/mol. The molecule has 1 aliphatic carbocycles. The Balaban J connectivity index is 1.76. The third kappa shape index (κ3) is 6.51. The van der Waals surface area contributed by atoms with Crippen molar-refractivity contribution in [3.05, 3.63) is 12.4 Å². The van der Waals surface area contributed by atoms with Crippen LogP contribution in [0.15, 0.2) is 12.4 Å². The molecule has 1 aromatic rings. The number of thioether (sulfide) groups is 1. The number of carbonyl (C=O) groups is 2. The largest absolute Gasteiger partial charge is 0.442 e. The van der Waals surface area contributed by atoms with Crippen molar-refractivity contribution in [3.63, 3.8) is 0 Å². The van der Waals surface area contributed by atoms with Crippen molar-refractivity contribution in [1.29, 1.82) is 0 Å². The lowest BCUT2D eigenvalue weighted by Crippen LogP contribution is -2.35. The lowest BCUT2D eigenvalue weighted by atomic mass is 10.2. The number of nitrogens with zero attached hydrogens (tertiary/aromatic N) is 2. The Morgan fingerprint density at radius 2 is 2.00 bits per heavy atom. The van der Waals surface area contributed by atoms with Gasteiger partial charge in [0.25, 0.3) is 0 Å². The van der Waals surface area contributed by atoms with Crippen LogP contribution < -0.4 is 10.6 Å². The number of halogens is 3. The Bertz CT molecular complexity index is 556. The van der Waals surface area contributed by atoms with E-state index >= 15 is 0 Å². The standard InChI is InChI=1S/C13H17F3N4O2S/c14-13(15,16)23-8-12(22)19-10-5-17-20(6-10)7-11(21)18-9-3-1-2-4-9/h5-6,9H,1-4,7-8H2,(H,18,21)(H,19,22). The summed E-state index contributed by atoms with van der Waals surface area (Å²) in [4.78, 5) is 23.2. The number of nitrogens with one attached hydrogen (secondary N) is 2. The molecule has 1 saturated carbocycles. The van der Waals surface area contributed by atoms with E-state index in [1.807, 2.05) is 0 Å². The highest BCUT2D eigenvalue weighted by Gasteiger charge is 2.29. The second-order valence-electron chi connectivity index (χ2n) is 5.26. The zero-order valence-corrected chi connectivity index (χ0v) is 13.0. The molecule has 0 radical (unpaired) electrons. The Morgan fingerprint density at radius 3 is 2.65 bits per heavy atom. The molecule has 0 bridgehead atoms. The minimum absolute atomic E-state index is 0.00364. The van der Waals surface area contributed by atoms with Crippen molar-refractivity contribution in [3.8, 4) is 0 Å². The van der Waals surface area contributed by atoms with Gasteiger partial charge in [-0.3, -0.25) is 14.3 Å². The number of hydrogen-bond acceptors (Lipinski definition) is 4. The molecule has 0 aliphatic heterocycles. The zero-order valence-electron chi connectivity index (χ0n) is 12.2. The van der Waals surface area contributed by atoms with Crippen LogP contribution in [0.2, 0.25) is 0 Å². The van der Waals surface area contributed by atoms with E-state index in [1.54, 1.807) is 0 Å². The van der Waals surface area contributed by atoms with Crippen molar-refractivity contribution in [2.75, 3.05) is 11.1 Å². The molecule has 6 nitrogen and oxygen atoms in total. The Kier molecular flexibility index (Phi) is 5.91. The highest BCUT2D eigenvalue weighted by atomic mass is 32.2. The van der Waals surface area contributed by atoms with Crippen LogP contribution >= 0.6 is 11.8 Å². The Morgan fingerprint density at radius 1 is 1.30 bits per heavy atom. The Hall–Kier alpha value is -1.71. The topological polar surface area (TPSA) is 76.0 Å². The minimum Gasteiger partial charge on any atom is -0.352 e. The summed E-state index contributed by atoms with van der Waals surface area (Å²) < 4.78 is 37.3. The second kappa shape index (κ2) is 7.71. The molecule has 1 aliphatic rings. The normalized spacial score (nSPS) is 15.6. The number of anilines is 1. The highest BCUT2D eigenvalue weighted by molar-refractivity contribution is 8.00. The van der Waals surface area contributed by atoms with Crippen LogP contribution in [0.5, 0.6) is 0 Å². The number of amides is 2. The fourth-order valence-electron chi connectivity index (χ4n) is 2.35. The van der Waals surface area contributed by atoms with Crippen LogP contribution in [0.4, 0.5) is 18.9 Å². The van der Waals surface area contributed by atoms with Crippen molar-refractivity contribution in [1.82, 2.24) is 15.1 Å². The summed E-state index contributed by atoms with van der Waals surface area (Å²) >= 11 is -0.407. The fourth-order valence-corrected chi connectivity index (χ4v) is 2.72. The van der Waals surface area contributed by atoms with Crippen LogP contribution in [-0.4, -0.2) is 38.9 Å². The number of hydrogen-bond donors (Lipinski definition) is 2. The number of aromatic nitrogens is 2. The van der Waals surface area contributed by atoms with Gasteiger partial charge in [-0.2, -0.15) is 18.3 Å². The van der Waals surface area contributed by atoms with E-state index in [2.05, 4.69) is 15.7 Å². The fraction of sp³-hybridized carbons (Fsp3) is 0.615. The van der Waals surface area contributed by atoms with Crippen molar-refractivity contribution >= 4 is 29.3 Å². The maximum atomic E-state index is 12.0. The van der Waals surface area contributed by atoms with Gasteiger partial charge >= 0.3 is 5.51 Å². The zero-order chi connectivity index (χ0) is 16.9. The first-order valence-electron chi connectivity index (χ1n) is 7.14. The van der Waals surface area contributed by atoms with Gasteiger partial charge in [-0.25, -0.2) is 0 Å². The lowest BCUT2D eigenvalue weighted by Gasteiger charge is -2.11. The quantitative estimate of drug-likeness (QED) is 0.824. The molecule has 10 heteroatoms. The minimum atomic E-state index is -4.44. The molecule has 128 valence electrons. The van der Waals surface area contributed by atoms with Gasteiger partial charge < -0.3 is 10.6 Å². The van der Waals surface area contributed by atoms with Crippen LogP contribution in [0.3, 0.4) is 0 Å². The van der Waals surface area contributed by atoms with Gasteiger partial charge in [0.2, 0.25) is 11.8 Å². The monoisotopic (exact) mass is 350 g/mol. The van der Waals surface area contributed by atoms with Crippen molar-refractivity contribution in [2.45, 2.75) is 43.8 Å². The van der Waals surface area contributed by atoms with Gasteiger partial charge in [-0.15, -0.1) is 0 Å². The molecule has 0 unspecified atom stereocenters. The maximum Gasteiger partial charge on any atom is 0.442 e. The summed E-state index contributed by atoms with van der Waals surface area (Å²) in [5.74, 6) is -1.68. The smallest absolute Gasteiger partial charge is 0.352 e. The third-order valence-corrected chi connectivity index (χ3v) is 4.04. The average molecular weight is 350 g/mol. The van der Waals surface area contributed by atoms with Gasteiger partial charge in [-0.1, -0.05) is 12.8 Å². The van der Waals surface area contributed by atoms with E-state index in [1.165, 1.54) is 17.1 Å². The second-order valence-corrected chi connectivity index (χ2v) is 6.30. The Labute approximate surface area is 135 Å². The van der Waals surface area contributed by atoms with Crippen molar-refractivity contribution in [2.24, 2.45) is 0 Å². The molecule has 2 N–H and O–H groups in total. The van der Waals surface area contributed by atoms with Gasteiger partial charge in [0.15, 0.2) is 0 Å². The first-order valence-corrected chi connectivity index (χ1v) is 8.13. The van der Waals surface area contributed by atoms with Gasteiger partial charge in [-0.05, 0) is 24.6 Å². The number of carbonyl (C=O) groups excluding carboxylic acids is 2. The van der Waals surface area contributed by atoms with Gasteiger partial charge in [0, 0.05) is 12.2 Å². The molecule has 2 amide bonds. The molecule has 1 heterocycles. The van der Waals surface area contributed by atoms with Crippen LogP contribution in [0.25, 0.3) is 0 Å². The molecule has 1 aromatic heterocycles. The summed E-state index contributed by atoms with van der Waals surface area (Å²) in [5.41, 5.74) is -4.19. The molecular weight excluding hydrogens is 333 g/mol. The average Bonchev–Trinajstić information content (AvgIpc) is 3.08. The molecule has 1 fully saturated rings. The predicted octanol–water partition coefficient (Wildman–Crippen LogP) is 2.13. The molecule has 0 saturated heterocycles. The summed E-state index contributed by atoms with van der Waals surface area (Å²) in [7, 11) is 0. The molecule has 0 atom stereocenters. The molecule has 23 heavy (non-hydrogen) atoms. The molecule has 2 rings (SSSR count). The maximum absolute atomic E-state index is 12.0. The number of rotatable bonds is 6. The third-order valence-electron chi connectivity index (χ3n) is 3.31. The lowest BCUT2D eigenvalue weighted by molar-refractivity contribution is -0.122. The van der Waals surface area contributed by atoms with E-state index in [9.17, 15) is 22.8 Å². The highest BCUT2D eigenvalue weighted by Crippen LogP contribution is 2.29. The van der Waals surface area contributed by atoms with Crippen LogP contribution in [-0.2, 0) is 16.1 Å².